The van der Waals surface area contributed by atoms with Crippen molar-refractivity contribution < 1.29 is 42.1 Å². The Kier molecular flexibility index (Phi) is 52.9. The fourth-order valence-electron chi connectivity index (χ4n) is 8.25. The highest BCUT2D eigenvalue weighted by Gasteiger charge is 2.27. The minimum absolute atomic E-state index is 0.0286. The molecule has 0 aromatic carbocycles. The topological polar surface area (TPSA) is 108 Å². The molecule has 0 fully saturated rings. The van der Waals surface area contributed by atoms with Gasteiger partial charge in [0.15, 0.2) is 6.10 Å². The average Bonchev–Trinajstić information content (AvgIpc) is 3.36. The van der Waals surface area contributed by atoms with E-state index in [1.165, 1.54) is 148 Å². The van der Waals surface area contributed by atoms with Crippen molar-refractivity contribution in [3.8, 4) is 0 Å². The molecule has 0 amide bonds. The lowest BCUT2D eigenvalue weighted by molar-refractivity contribution is -0.870. The fourth-order valence-corrected chi connectivity index (χ4v) is 8.99. The number of quaternary nitrogens is 1. The van der Waals surface area contributed by atoms with E-state index in [-0.39, 0.29) is 32.0 Å². The van der Waals surface area contributed by atoms with Gasteiger partial charge in [0.2, 0.25) is 0 Å². The number of allylic oxidation sites excluding steroid dienone is 14. The number of ether oxygens (including phenoxy) is 2. The number of phosphoric acid groups is 1. The number of hydrogen-bond acceptors (Lipinski definition) is 7. The summed E-state index contributed by atoms with van der Waals surface area (Å²) in [5, 5.41) is 0. The summed E-state index contributed by atoms with van der Waals surface area (Å²) >= 11 is 0. The van der Waals surface area contributed by atoms with Gasteiger partial charge in [-0.3, -0.25) is 18.6 Å². The second kappa shape index (κ2) is 55.0. The first kappa shape index (κ1) is 71.2. The highest BCUT2D eigenvalue weighted by Crippen LogP contribution is 2.43. The lowest BCUT2D eigenvalue weighted by Gasteiger charge is -2.24. The summed E-state index contributed by atoms with van der Waals surface area (Å²) in [6.07, 6.45) is 73.6. The van der Waals surface area contributed by atoms with Crippen LogP contribution in [0.5, 0.6) is 0 Å². The Labute approximate surface area is 456 Å². The molecule has 0 spiro atoms. The maximum Gasteiger partial charge on any atom is 0.472 e. The van der Waals surface area contributed by atoms with Crippen LogP contribution >= 0.6 is 7.82 Å². The molecule has 1 N–H and O–H groups in total. The van der Waals surface area contributed by atoms with Crippen molar-refractivity contribution in [2.75, 3.05) is 47.5 Å². The summed E-state index contributed by atoms with van der Waals surface area (Å²) in [4.78, 5) is 35.7. The Bertz CT molecular complexity index is 1520. The maximum atomic E-state index is 12.8. The molecule has 0 saturated heterocycles. The van der Waals surface area contributed by atoms with E-state index in [9.17, 15) is 19.0 Å². The molecule has 0 aliphatic rings. The van der Waals surface area contributed by atoms with Crippen LogP contribution in [0.1, 0.15) is 258 Å². The molecule has 0 rings (SSSR count). The van der Waals surface area contributed by atoms with Gasteiger partial charge in [-0.15, -0.1) is 0 Å². The summed E-state index contributed by atoms with van der Waals surface area (Å²) in [5.41, 5.74) is 0. The van der Waals surface area contributed by atoms with Gasteiger partial charge in [0.1, 0.15) is 19.8 Å². The molecule has 0 radical (unpaired) electrons. The highest BCUT2D eigenvalue weighted by atomic mass is 31.2. The second-order valence-electron chi connectivity index (χ2n) is 21.4. The van der Waals surface area contributed by atoms with E-state index in [2.05, 4.69) is 98.9 Å². The molecule has 74 heavy (non-hydrogen) atoms. The molecule has 0 bridgehead atoms. The van der Waals surface area contributed by atoms with Crippen LogP contribution in [0.15, 0.2) is 85.1 Å². The highest BCUT2D eigenvalue weighted by molar-refractivity contribution is 7.47. The van der Waals surface area contributed by atoms with Crippen LogP contribution in [0.25, 0.3) is 0 Å². The van der Waals surface area contributed by atoms with Crippen LogP contribution in [0, 0.1) is 0 Å². The first-order valence-electron chi connectivity index (χ1n) is 30.3. The van der Waals surface area contributed by atoms with E-state index in [0.29, 0.717) is 17.4 Å². The third-order valence-electron chi connectivity index (χ3n) is 12.9. The van der Waals surface area contributed by atoms with Crippen LogP contribution in [0.4, 0.5) is 0 Å². The molecule has 0 aliphatic carbocycles. The monoisotopic (exact) mass is 1060 g/mol. The molecule has 0 saturated carbocycles. The van der Waals surface area contributed by atoms with Gasteiger partial charge >= 0.3 is 19.8 Å². The number of unbranched alkanes of at least 4 members (excludes halogenated alkanes) is 27. The largest absolute Gasteiger partial charge is 0.472 e. The molecular formula is C64H115NO8P+. The number of carbonyl (C=O) groups excluding carboxylic acids is 2. The van der Waals surface area contributed by atoms with Gasteiger partial charge in [0.05, 0.1) is 27.7 Å². The van der Waals surface area contributed by atoms with Crippen LogP contribution in [-0.4, -0.2) is 74.9 Å². The molecule has 0 aliphatic heterocycles. The summed E-state index contributed by atoms with van der Waals surface area (Å²) in [5.74, 6) is -0.799. The third kappa shape index (κ3) is 58.5. The lowest BCUT2D eigenvalue weighted by atomic mass is 10.0. The van der Waals surface area contributed by atoms with Crippen molar-refractivity contribution in [3.63, 3.8) is 0 Å². The number of carbonyl (C=O) groups is 2. The van der Waals surface area contributed by atoms with Crippen LogP contribution in [-0.2, 0) is 32.7 Å². The number of nitrogens with zero attached hydrogens (tertiary/aromatic N) is 1. The summed E-state index contributed by atoms with van der Waals surface area (Å²) in [7, 11) is 1.47. The van der Waals surface area contributed by atoms with Crippen LogP contribution in [0.2, 0.25) is 0 Å². The molecule has 0 aromatic rings. The Balaban J connectivity index is 4.13. The summed E-state index contributed by atoms with van der Waals surface area (Å²) in [6.45, 7) is 4.33. The van der Waals surface area contributed by atoms with Gasteiger partial charge < -0.3 is 18.9 Å². The number of likely N-dealkylation sites (N-methyl/N-ethyl adjacent to an activating group) is 1. The van der Waals surface area contributed by atoms with Crippen molar-refractivity contribution in [2.45, 2.75) is 264 Å². The minimum Gasteiger partial charge on any atom is -0.462 e. The average molecular weight is 1060 g/mol. The van der Waals surface area contributed by atoms with E-state index >= 15 is 0 Å². The van der Waals surface area contributed by atoms with Crippen LogP contribution in [0.3, 0.4) is 0 Å². The first-order chi connectivity index (χ1) is 36.0. The fraction of sp³-hybridized carbons (Fsp3) is 0.750. The standard InChI is InChI=1S/C64H114NO8P/c1-6-8-10-12-14-16-18-20-22-24-26-27-28-29-30-31-32-33-34-35-36-37-39-41-43-45-47-49-51-53-55-57-64(67)73-62(61-72-74(68,69)71-59-58-65(3,4)5)60-70-63(66)56-54-52-50-48-46-44-42-40-38-25-23-21-19-17-15-13-11-9-7-2/h8,10,14,16,20-23,26-27,29-30,32-33,62H,6-7,9,11-13,15,17-19,24-25,28,31,34-61H2,1-5H3/p+1/b10-8-,16-14-,22-20-,23-21-,27-26-,30-29-,33-32-. The van der Waals surface area contributed by atoms with Gasteiger partial charge in [-0.1, -0.05) is 240 Å². The minimum atomic E-state index is -4.39. The molecular weight excluding hydrogens is 942 g/mol. The van der Waals surface area contributed by atoms with Gasteiger partial charge in [-0.2, -0.15) is 0 Å². The summed E-state index contributed by atoms with van der Waals surface area (Å²) in [6, 6.07) is 0. The smallest absolute Gasteiger partial charge is 0.462 e. The molecule has 428 valence electrons. The van der Waals surface area contributed by atoms with Crippen molar-refractivity contribution >= 4 is 19.8 Å². The quantitative estimate of drug-likeness (QED) is 0.0211. The van der Waals surface area contributed by atoms with Gasteiger partial charge in [-0.05, 0) is 89.9 Å². The van der Waals surface area contributed by atoms with E-state index in [4.69, 9.17) is 18.5 Å². The Morgan fingerprint density at radius 1 is 0.432 bits per heavy atom. The zero-order valence-corrected chi connectivity index (χ0v) is 49.5. The molecule has 10 heteroatoms. The predicted molar refractivity (Wildman–Crippen MR) is 316 cm³/mol. The SMILES string of the molecule is CC/C=C\C/C=C\C/C=C\C/C=C\C/C=C\C/C=C\CCCCCCCCCCCCCCC(=O)OC(COC(=O)CCCCCCCCCCC/C=C\CCCCCCCC)COP(=O)(O)OCC[N+](C)(C)C. The predicted octanol–water partition coefficient (Wildman–Crippen LogP) is 19.0. The van der Waals surface area contributed by atoms with Gasteiger partial charge in [-0.25, -0.2) is 4.57 Å². The van der Waals surface area contributed by atoms with E-state index in [1.54, 1.807) is 0 Å². The Hall–Kier alpha value is -2.81. The number of hydrogen-bond donors (Lipinski definition) is 1. The zero-order chi connectivity index (χ0) is 54.2. The van der Waals surface area contributed by atoms with Crippen LogP contribution < -0.4 is 0 Å². The first-order valence-corrected chi connectivity index (χ1v) is 31.8. The molecule has 0 aromatic heterocycles. The van der Waals surface area contributed by atoms with E-state index in [1.807, 2.05) is 21.1 Å². The Morgan fingerprint density at radius 3 is 1.16 bits per heavy atom. The van der Waals surface area contributed by atoms with Gasteiger partial charge in [0, 0.05) is 12.8 Å². The van der Waals surface area contributed by atoms with E-state index in [0.717, 1.165) is 77.0 Å². The van der Waals surface area contributed by atoms with Crippen molar-refractivity contribution in [2.24, 2.45) is 0 Å². The lowest BCUT2D eigenvalue weighted by Crippen LogP contribution is -2.37. The normalized spacial score (nSPS) is 13.9. The molecule has 0 heterocycles. The maximum absolute atomic E-state index is 12.8. The number of esters is 2. The van der Waals surface area contributed by atoms with Crippen molar-refractivity contribution in [3.05, 3.63) is 85.1 Å². The van der Waals surface area contributed by atoms with E-state index < -0.39 is 26.5 Å². The Morgan fingerprint density at radius 2 is 0.770 bits per heavy atom. The second-order valence-corrected chi connectivity index (χ2v) is 22.8. The zero-order valence-electron chi connectivity index (χ0n) is 48.6. The molecule has 9 nitrogen and oxygen atoms in total. The summed E-state index contributed by atoms with van der Waals surface area (Å²) < 4.78 is 34.6. The third-order valence-corrected chi connectivity index (χ3v) is 13.9. The van der Waals surface area contributed by atoms with Crippen molar-refractivity contribution in [1.29, 1.82) is 0 Å². The van der Waals surface area contributed by atoms with Gasteiger partial charge in [0.25, 0.3) is 0 Å². The molecule has 2 unspecified atom stereocenters. The van der Waals surface area contributed by atoms with Crippen molar-refractivity contribution in [1.82, 2.24) is 0 Å². The number of phosphoric ester groups is 1. The molecule has 2 atom stereocenters. The number of rotatable bonds is 55.